The van der Waals surface area contributed by atoms with Crippen LogP contribution >= 0.6 is 0 Å². The summed E-state index contributed by atoms with van der Waals surface area (Å²) in [4.78, 5) is 15.6. The van der Waals surface area contributed by atoms with E-state index < -0.39 is 5.97 Å². The molecule has 0 radical (unpaired) electrons. The van der Waals surface area contributed by atoms with Crippen LogP contribution in [0.2, 0.25) is 0 Å². The summed E-state index contributed by atoms with van der Waals surface area (Å²) in [6.45, 7) is 3.76. The van der Waals surface area contributed by atoms with Gasteiger partial charge >= 0.3 is 5.97 Å². The Balaban J connectivity index is 2.55. The van der Waals surface area contributed by atoms with Crippen LogP contribution in [0.1, 0.15) is 23.1 Å². The zero-order chi connectivity index (χ0) is 11.7. The summed E-state index contributed by atoms with van der Waals surface area (Å²) in [5.74, 6) is -0.864. The minimum atomic E-state index is -0.482. The molecular formula is C11H11FN2O2. The summed E-state index contributed by atoms with van der Waals surface area (Å²) in [5, 5.41) is 0. The molecule has 0 amide bonds. The van der Waals surface area contributed by atoms with Crippen LogP contribution in [0, 0.1) is 12.7 Å². The van der Waals surface area contributed by atoms with Gasteiger partial charge in [0, 0.05) is 12.3 Å². The molecule has 2 heterocycles. The van der Waals surface area contributed by atoms with Crippen molar-refractivity contribution in [1.29, 1.82) is 0 Å². The van der Waals surface area contributed by atoms with E-state index in [1.54, 1.807) is 18.2 Å². The Morgan fingerprint density at radius 2 is 2.38 bits per heavy atom. The first-order valence-electron chi connectivity index (χ1n) is 4.94. The highest BCUT2D eigenvalue weighted by atomic mass is 19.1. The van der Waals surface area contributed by atoms with Gasteiger partial charge in [-0.1, -0.05) is 0 Å². The third-order valence-corrected chi connectivity index (χ3v) is 2.30. The van der Waals surface area contributed by atoms with Crippen molar-refractivity contribution in [3.05, 3.63) is 35.5 Å². The Morgan fingerprint density at radius 1 is 1.62 bits per heavy atom. The maximum Gasteiger partial charge on any atom is 0.358 e. The second-order valence-electron chi connectivity index (χ2n) is 3.34. The smallest absolute Gasteiger partial charge is 0.358 e. The van der Waals surface area contributed by atoms with Gasteiger partial charge in [0.2, 0.25) is 0 Å². The van der Waals surface area contributed by atoms with Crippen LogP contribution < -0.4 is 0 Å². The molecule has 0 spiro atoms. The lowest BCUT2D eigenvalue weighted by Gasteiger charge is -1.98. The van der Waals surface area contributed by atoms with Crippen LogP contribution in [0.3, 0.4) is 0 Å². The predicted molar refractivity (Wildman–Crippen MR) is 55.8 cm³/mol. The second-order valence-corrected chi connectivity index (χ2v) is 3.34. The van der Waals surface area contributed by atoms with Crippen LogP contribution in [-0.2, 0) is 4.74 Å². The largest absolute Gasteiger partial charge is 0.461 e. The SMILES string of the molecule is CCOC(=O)c1nc2cc(F)ccn2c1C. The summed E-state index contributed by atoms with van der Waals surface area (Å²) < 4.78 is 19.5. The molecular weight excluding hydrogens is 211 g/mol. The number of carbonyl (C=O) groups is 1. The Hall–Kier alpha value is -1.91. The van der Waals surface area contributed by atoms with Gasteiger partial charge in [-0.25, -0.2) is 14.2 Å². The molecule has 0 aliphatic rings. The molecule has 4 nitrogen and oxygen atoms in total. The van der Waals surface area contributed by atoms with E-state index in [4.69, 9.17) is 4.74 Å². The van der Waals surface area contributed by atoms with E-state index in [2.05, 4.69) is 4.98 Å². The van der Waals surface area contributed by atoms with E-state index in [1.165, 1.54) is 18.3 Å². The number of halogens is 1. The number of hydrogen-bond acceptors (Lipinski definition) is 3. The molecule has 0 unspecified atom stereocenters. The number of hydrogen-bond donors (Lipinski definition) is 0. The summed E-state index contributed by atoms with van der Waals surface area (Å²) in [6.07, 6.45) is 1.54. The molecule has 2 rings (SSSR count). The molecule has 0 fully saturated rings. The van der Waals surface area contributed by atoms with E-state index in [1.807, 2.05) is 0 Å². The van der Waals surface area contributed by atoms with Crippen LogP contribution in [-0.4, -0.2) is 22.0 Å². The number of carbonyl (C=O) groups excluding carboxylic acids is 1. The highest BCUT2D eigenvalue weighted by molar-refractivity contribution is 5.89. The van der Waals surface area contributed by atoms with Crippen molar-refractivity contribution >= 4 is 11.6 Å². The van der Waals surface area contributed by atoms with Gasteiger partial charge in [-0.2, -0.15) is 0 Å². The van der Waals surface area contributed by atoms with Crippen molar-refractivity contribution in [2.24, 2.45) is 0 Å². The maximum atomic E-state index is 13.0. The first-order valence-corrected chi connectivity index (χ1v) is 4.94. The minimum absolute atomic E-state index is 0.229. The van der Waals surface area contributed by atoms with E-state index >= 15 is 0 Å². The number of rotatable bonds is 2. The van der Waals surface area contributed by atoms with Gasteiger partial charge in [-0.3, -0.25) is 0 Å². The molecule has 5 heteroatoms. The number of fused-ring (bicyclic) bond motifs is 1. The fraction of sp³-hybridized carbons (Fsp3) is 0.273. The molecule has 84 valence electrons. The van der Waals surface area contributed by atoms with E-state index in [0.717, 1.165) is 0 Å². The second kappa shape index (κ2) is 3.92. The third kappa shape index (κ3) is 1.64. The van der Waals surface area contributed by atoms with Gasteiger partial charge in [-0.05, 0) is 19.9 Å². The minimum Gasteiger partial charge on any atom is -0.461 e. The number of esters is 1. The third-order valence-electron chi connectivity index (χ3n) is 2.30. The van der Waals surface area contributed by atoms with Gasteiger partial charge in [0.25, 0.3) is 0 Å². The average molecular weight is 222 g/mol. The molecule has 0 aliphatic carbocycles. The van der Waals surface area contributed by atoms with Crippen molar-refractivity contribution in [2.75, 3.05) is 6.61 Å². The molecule has 0 atom stereocenters. The van der Waals surface area contributed by atoms with Crippen molar-refractivity contribution in [3.8, 4) is 0 Å². The first kappa shape index (κ1) is 10.6. The summed E-state index contributed by atoms with van der Waals surface area (Å²) in [5.41, 5.74) is 1.28. The topological polar surface area (TPSA) is 43.6 Å². The number of aryl methyl sites for hydroxylation is 1. The fourth-order valence-corrected chi connectivity index (χ4v) is 1.54. The summed E-state index contributed by atoms with van der Waals surface area (Å²) in [6, 6.07) is 2.59. The Kier molecular flexibility index (Phi) is 2.60. The molecule has 0 N–H and O–H groups in total. The first-order chi connectivity index (χ1) is 7.63. The van der Waals surface area contributed by atoms with Crippen molar-refractivity contribution < 1.29 is 13.9 Å². The van der Waals surface area contributed by atoms with Gasteiger partial charge in [0.05, 0.1) is 12.3 Å². The van der Waals surface area contributed by atoms with Crippen LogP contribution in [0.15, 0.2) is 18.3 Å². The highest BCUT2D eigenvalue weighted by Crippen LogP contribution is 2.13. The van der Waals surface area contributed by atoms with Gasteiger partial charge in [0.1, 0.15) is 11.5 Å². The molecule has 0 aliphatic heterocycles. The maximum absolute atomic E-state index is 13.0. The quantitative estimate of drug-likeness (QED) is 0.729. The van der Waals surface area contributed by atoms with Crippen molar-refractivity contribution in [2.45, 2.75) is 13.8 Å². The molecule has 2 aromatic rings. The lowest BCUT2D eigenvalue weighted by Crippen LogP contribution is -2.06. The van der Waals surface area contributed by atoms with E-state index in [-0.39, 0.29) is 11.5 Å². The Morgan fingerprint density at radius 3 is 3.06 bits per heavy atom. The van der Waals surface area contributed by atoms with Crippen molar-refractivity contribution in [3.63, 3.8) is 0 Å². The molecule has 16 heavy (non-hydrogen) atoms. The number of ether oxygens (including phenoxy) is 1. The monoisotopic (exact) mass is 222 g/mol. The molecule has 0 saturated heterocycles. The Labute approximate surface area is 91.7 Å². The van der Waals surface area contributed by atoms with Gasteiger partial charge in [0.15, 0.2) is 5.69 Å². The standard InChI is InChI=1S/C11H11FN2O2/c1-3-16-11(15)10-7(2)14-5-4-8(12)6-9(14)13-10/h4-6H,3H2,1-2H3. The van der Waals surface area contributed by atoms with Crippen LogP contribution in [0.25, 0.3) is 5.65 Å². The van der Waals surface area contributed by atoms with E-state index in [0.29, 0.717) is 17.9 Å². The van der Waals surface area contributed by atoms with Crippen LogP contribution in [0.5, 0.6) is 0 Å². The highest BCUT2D eigenvalue weighted by Gasteiger charge is 2.16. The van der Waals surface area contributed by atoms with Gasteiger partial charge < -0.3 is 9.14 Å². The van der Waals surface area contributed by atoms with Crippen LogP contribution in [0.4, 0.5) is 4.39 Å². The van der Waals surface area contributed by atoms with Crippen molar-refractivity contribution in [1.82, 2.24) is 9.38 Å². The number of aromatic nitrogens is 2. The lowest BCUT2D eigenvalue weighted by atomic mass is 10.3. The molecule has 0 aromatic carbocycles. The number of imidazole rings is 1. The normalized spacial score (nSPS) is 10.7. The molecule has 0 bridgehead atoms. The summed E-state index contributed by atoms with van der Waals surface area (Å²) in [7, 11) is 0. The average Bonchev–Trinajstić information content (AvgIpc) is 2.56. The Bertz CT molecular complexity index is 548. The van der Waals surface area contributed by atoms with E-state index in [9.17, 15) is 9.18 Å². The zero-order valence-electron chi connectivity index (χ0n) is 9.03. The number of pyridine rings is 1. The van der Waals surface area contributed by atoms with Gasteiger partial charge in [-0.15, -0.1) is 0 Å². The fourth-order valence-electron chi connectivity index (χ4n) is 1.54. The number of nitrogens with zero attached hydrogens (tertiary/aromatic N) is 2. The predicted octanol–water partition coefficient (Wildman–Crippen LogP) is 1.96. The molecule has 0 saturated carbocycles. The lowest BCUT2D eigenvalue weighted by molar-refractivity contribution is 0.0519. The molecule has 2 aromatic heterocycles. The summed E-state index contributed by atoms with van der Waals surface area (Å²) >= 11 is 0. The zero-order valence-corrected chi connectivity index (χ0v) is 9.03.